The van der Waals surface area contributed by atoms with Crippen LogP contribution < -0.4 is 5.32 Å². The number of pyridine rings is 1. The van der Waals surface area contributed by atoms with Gasteiger partial charge in [-0.25, -0.2) is 0 Å². The van der Waals surface area contributed by atoms with Gasteiger partial charge < -0.3 is 5.32 Å². The number of rotatable bonds is 5. The number of para-hydroxylation sites is 1. The number of carbonyl (C=O) groups is 2. The van der Waals surface area contributed by atoms with Crippen molar-refractivity contribution in [1.29, 1.82) is 0 Å². The molecular weight excluding hydrogens is 350 g/mol. The molecular formula is C23H21N3O2. The zero-order valence-corrected chi connectivity index (χ0v) is 15.7. The molecule has 4 rings (SSSR count). The van der Waals surface area contributed by atoms with Crippen molar-refractivity contribution >= 4 is 28.4 Å². The summed E-state index contributed by atoms with van der Waals surface area (Å²) in [5.74, 6) is -0.378. The maximum absolute atomic E-state index is 12.7. The number of nitrogens with zero attached hydrogens (tertiary/aromatic N) is 2. The molecule has 2 heterocycles. The number of aromatic nitrogens is 1. The SMILES string of the molecule is C=C1c2ccccc2C(=O)N1[C@H](C)C(=O)NCCc1cccc2cccnc12. The van der Waals surface area contributed by atoms with Crippen molar-refractivity contribution in [3.63, 3.8) is 0 Å². The predicted molar refractivity (Wildman–Crippen MR) is 110 cm³/mol. The molecule has 3 aromatic rings. The molecule has 1 aromatic heterocycles. The Labute approximate surface area is 163 Å². The second kappa shape index (κ2) is 7.27. The molecule has 5 nitrogen and oxygen atoms in total. The van der Waals surface area contributed by atoms with Gasteiger partial charge in [-0.1, -0.05) is 49.0 Å². The van der Waals surface area contributed by atoms with E-state index in [4.69, 9.17) is 0 Å². The lowest BCUT2D eigenvalue weighted by molar-refractivity contribution is -0.124. The van der Waals surface area contributed by atoms with Gasteiger partial charge in [0.1, 0.15) is 6.04 Å². The average Bonchev–Trinajstić information content (AvgIpc) is 2.98. The second-order valence-electron chi connectivity index (χ2n) is 6.88. The largest absolute Gasteiger partial charge is 0.354 e. The number of carbonyl (C=O) groups excluding carboxylic acids is 2. The summed E-state index contributed by atoms with van der Waals surface area (Å²) in [6.07, 6.45) is 2.44. The molecule has 0 spiro atoms. The summed E-state index contributed by atoms with van der Waals surface area (Å²) in [5, 5.41) is 4.02. The van der Waals surface area contributed by atoms with Crippen LogP contribution in [0.3, 0.4) is 0 Å². The van der Waals surface area contributed by atoms with Crippen LogP contribution in [0.4, 0.5) is 0 Å². The van der Waals surface area contributed by atoms with Gasteiger partial charge in [0.25, 0.3) is 5.91 Å². The second-order valence-corrected chi connectivity index (χ2v) is 6.88. The normalized spacial score (nSPS) is 14.2. The van der Waals surface area contributed by atoms with Crippen LogP contribution in [0.1, 0.15) is 28.4 Å². The maximum Gasteiger partial charge on any atom is 0.259 e. The lowest BCUT2D eigenvalue weighted by Gasteiger charge is -2.24. The molecule has 0 bridgehead atoms. The molecule has 1 aliphatic rings. The third-order valence-corrected chi connectivity index (χ3v) is 5.15. The molecule has 1 atom stereocenters. The van der Waals surface area contributed by atoms with Crippen molar-refractivity contribution in [3.8, 4) is 0 Å². The van der Waals surface area contributed by atoms with Crippen molar-refractivity contribution in [1.82, 2.24) is 15.2 Å². The molecule has 2 aromatic carbocycles. The minimum Gasteiger partial charge on any atom is -0.354 e. The van der Waals surface area contributed by atoms with Crippen LogP contribution in [0, 0.1) is 0 Å². The average molecular weight is 371 g/mol. The Morgan fingerprint density at radius 2 is 1.86 bits per heavy atom. The van der Waals surface area contributed by atoms with E-state index in [-0.39, 0.29) is 11.8 Å². The van der Waals surface area contributed by atoms with E-state index in [1.165, 1.54) is 4.90 Å². The van der Waals surface area contributed by atoms with Gasteiger partial charge >= 0.3 is 0 Å². The summed E-state index contributed by atoms with van der Waals surface area (Å²) in [7, 11) is 0. The molecule has 2 amide bonds. The van der Waals surface area contributed by atoms with Gasteiger partial charge in [0, 0.05) is 35.0 Å². The van der Waals surface area contributed by atoms with Gasteiger partial charge in [-0.05, 0) is 31.0 Å². The highest BCUT2D eigenvalue weighted by Gasteiger charge is 2.36. The molecule has 0 saturated heterocycles. The molecule has 0 saturated carbocycles. The standard InChI is InChI=1S/C23H21N3O2/c1-15-19-10-3-4-11-20(19)23(28)26(15)16(2)22(27)25-14-12-18-8-5-7-17-9-6-13-24-21(17)18/h3-11,13,16H,1,12,14H2,2H3,(H,25,27)/t16-/m1/s1. The summed E-state index contributed by atoms with van der Waals surface area (Å²) in [4.78, 5) is 31.3. The van der Waals surface area contributed by atoms with Crippen molar-refractivity contribution in [2.75, 3.05) is 6.54 Å². The first-order valence-electron chi connectivity index (χ1n) is 9.30. The Morgan fingerprint density at radius 3 is 2.64 bits per heavy atom. The molecule has 0 fully saturated rings. The fourth-order valence-corrected chi connectivity index (χ4v) is 3.67. The Morgan fingerprint density at radius 1 is 1.11 bits per heavy atom. The molecule has 1 N–H and O–H groups in total. The first-order chi connectivity index (χ1) is 13.6. The highest BCUT2D eigenvalue weighted by atomic mass is 16.2. The molecule has 1 aliphatic heterocycles. The molecule has 28 heavy (non-hydrogen) atoms. The Balaban J connectivity index is 1.42. The fourth-order valence-electron chi connectivity index (χ4n) is 3.67. The van der Waals surface area contributed by atoms with Crippen molar-refractivity contribution in [2.24, 2.45) is 0 Å². The van der Waals surface area contributed by atoms with Gasteiger partial charge in [0.15, 0.2) is 0 Å². The highest BCUT2D eigenvalue weighted by Crippen LogP contribution is 2.32. The van der Waals surface area contributed by atoms with Crippen molar-refractivity contribution < 1.29 is 9.59 Å². The van der Waals surface area contributed by atoms with Crippen molar-refractivity contribution in [2.45, 2.75) is 19.4 Å². The summed E-state index contributed by atoms with van der Waals surface area (Å²) in [5.41, 5.74) is 3.98. The van der Waals surface area contributed by atoms with Crippen LogP contribution in [-0.4, -0.2) is 34.3 Å². The zero-order valence-electron chi connectivity index (χ0n) is 15.7. The predicted octanol–water partition coefficient (Wildman–Crippen LogP) is 3.41. The van der Waals surface area contributed by atoms with E-state index in [0.717, 1.165) is 22.0 Å². The van der Waals surface area contributed by atoms with Crippen LogP contribution in [0.5, 0.6) is 0 Å². The van der Waals surface area contributed by atoms with E-state index < -0.39 is 6.04 Å². The van der Waals surface area contributed by atoms with E-state index in [9.17, 15) is 9.59 Å². The zero-order chi connectivity index (χ0) is 19.7. The summed E-state index contributed by atoms with van der Waals surface area (Å²) in [6.45, 7) is 6.21. The lowest BCUT2D eigenvalue weighted by atomic mass is 10.1. The Hall–Kier alpha value is -3.47. The minimum absolute atomic E-state index is 0.179. The smallest absolute Gasteiger partial charge is 0.259 e. The quantitative estimate of drug-likeness (QED) is 0.748. The van der Waals surface area contributed by atoms with Gasteiger partial charge in [-0.3, -0.25) is 19.5 Å². The molecule has 5 heteroatoms. The van der Waals surface area contributed by atoms with E-state index in [0.29, 0.717) is 24.2 Å². The van der Waals surface area contributed by atoms with Crippen LogP contribution >= 0.6 is 0 Å². The van der Waals surface area contributed by atoms with Gasteiger partial charge in [0.2, 0.25) is 5.91 Å². The van der Waals surface area contributed by atoms with Crippen molar-refractivity contribution in [3.05, 3.63) is 84.1 Å². The number of amides is 2. The molecule has 0 radical (unpaired) electrons. The first-order valence-corrected chi connectivity index (χ1v) is 9.30. The monoisotopic (exact) mass is 371 g/mol. The Kier molecular flexibility index (Phi) is 4.65. The third-order valence-electron chi connectivity index (χ3n) is 5.15. The van der Waals surface area contributed by atoms with Crippen LogP contribution in [0.15, 0.2) is 67.4 Å². The lowest BCUT2D eigenvalue weighted by Crippen LogP contribution is -2.45. The molecule has 140 valence electrons. The van der Waals surface area contributed by atoms with Crippen LogP contribution in [0.2, 0.25) is 0 Å². The molecule has 0 unspecified atom stereocenters. The first kappa shape index (κ1) is 17.9. The van der Waals surface area contributed by atoms with Crippen LogP contribution in [0.25, 0.3) is 16.6 Å². The number of hydrogen-bond acceptors (Lipinski definition) is 3. The van der Waals surface area contributed by atoms with E-state index in [1.807, 2.05) is 48.5 Å². The number of nitrogens with one attached hydrogen (secondary N) is 1. The Bertz CT molecular complexity index is 1050. The number of fused-ring (bicyclic) bond motifs is 2. The fraction of sp³-hybridized carbons (Fsp3) is 0.174. The van der Waals surface area contributed by atoms with E-state index in [2.05, 4.69) is 16.9 Å². The molecule has 0 aliphatic carbocycles. The van der Waals surface area contributed by atoms with Gasteiger partial charge in [-0.2, -0.15) is 0 Å². The van der Waals surface area contributed by atoms with Gasteiger partial charge in [-0.15, -0.1) is 0 Å². The van der Waals surface area contributed by atoms with E-state index >= 15 is 0 Å². The van der Waals surface area contributed by atoms with E-state index in [1.54, 1.807) is 19.2 Å². The summed E-state index contributed by atoms with van der Waals surface area (Å²) in [6, 6.07) is 16.6. The maximum atomic E-state index is 12.7. The van der Waals surface area contributed by atoms with Crippen LogP contribution in [-0.2, 0) is 11.2 Å². The highest BCUT2D eigenvalue weighted by molar-refractivity contribution is 6.10. The topological polar surface area (TPSA) is 62.3 Å². The number of hydrogen-bond donors (Lipinski definition) is 1. The summed E-state index contributed by atoms with van der Waals surface area (Å²) >= 11 is 0. The summed E-state index contributed by atoms with van der Waals surface area (Å²) < 4.78 is 0. The third kappa shape index (κ3) is 3.05. The van der Waals surface area contributed by atoms with Gasteiger partial charge in [0.05, 0.1) is 5.52 Å². The number of benzene rings is 2. The minimum atomic E-state index is -0.627.